The van der Waals surface area contributed by atoms with Crippen molar-refractivity contribution in [1.82, 2.24) is 10.2 Å². The number of carbonyl (C=O) groups is 2. The van der Waals surface area contributed by atoms with Crippen LogP contribution in [0.5, 0.6) is 0 Å². The quantitative estimate of drug-likeness (QED) is 0.774. The van der Waals surface area contributed by atoms with Crippen molar-refractivity contribution in [3.63, 3.8) is 0 Å². The molecule has 6 heteroatoms. The van der Waals surface area contributed by atoms with E-state index in [0.717, 1.165) is 44.3 Å². The van der Waals surface area contributed by atoms with Gasteiger partial charge in [0.2, 0.25) is 11.8 Å². The van der Waals surface area contributed by atoms with Crippen LogP contribution in [0.15, 0.2) is 54.6 Å². The molecule has 2 fully saturated rings. The fourth-order valence-electron chi connectivity index (χ4n) is 4.86. The van der Waals surface area contributed by atoms with E-state index in [1.165, 1.54) is 17.8 Å². The van der Waals surface area contributed by atoms with E-state index in [-0.39, 0.29) is 17.6 Å². The van der Waals surface area contributed by atoms with Crippen molar-refractivity contribution in [2.75, 3.05) is 37.6 Å². The van der Waals surface area contributed by atoms with Crippen LogP contribution in [-0.2, 0) is 15.0 Å². The van der Waals surface area contributed by atoms with E-state index in [2.05, 4.69) is 22.3 Å². The van der Waals surface area contributed by atoms with Gasteiger partial charge in [0.1, 0.15) is 5.82 Å². The number of nitrogens with one attached hydrogen (secondary N) is 1. The lowest BCUT2D eigenvalue weighted by atomic mass is 9.78. The third-order valence-electron chi connectivity index (χ3n) is 6.67. The Labute approximate surface area is 183 Å². The minimum absolute atomic E-state index is 0.0432. The predicted octanol–water partition coefficient (Wildman–Crippen LogP) is 3.49. The third kappa shape index (κ3) is 4.73. The maximum Gasteiger partial charge on any atom is 0.230 e. The van der Waals surface area contributed by atoms with E-state index in [9.17, 15) is 14.0 Å². The number of rotatable bonds is 6. The van der Waals surface area contributed by atoms with Crippen LogP contribution < -0.4 is 10.2 Å². The number of benzene rings is 2. The molecule has 1 saturated carbocycles. The van der Waals surface area contributed by atoms with Crippen LogP contribution in [-0.4, -0.2) is 49.4 Å². The Balaban J connectivity index is 1.27. The summed E-state index contributed by atoms with van der Waals surface area (Å²) in [5, 5.41) is 2.99. The molecule has 1 N–H and O–H groups in total. The molecule has 0 bridgehead atoms. The number of piperazine rings is 1. The lowest BCUT2D eigenvalue weighted by Crippen LogP contribution is -2.49. The molecule has 2 aliphatic rings. The van der Waals surface area contributed by atoms with E-state index in [1.54, 1.807) is 12.1 Å². The molecule has 0 aromatic heterocycles. The molecule has 2 aromatic rings. The zero-order valence-electron chi connectivity index (χ0n) is 17.9. The Morgan fingerprint density at radius 2 is 1.55 bits per heavy atom. The number of nitrogens with zero attached hydrogens (tertiary/aromatic N) is 2. The van der Waals surface area contributed by atoms with Crippen LogP contribution in [0, 0.1) is 5.82 Å². The summed E-state index contributed by atoms with van der Waals surface area (Å²) in [7, 11) is 0. The maximum atomic E-state index is 13.3. The second-order valence-electron chi connectivity index (χ2n) is 8.51. The Morgan fingerprint density at radius 3 is 2.19 bits per heavy atom. The highest BCUT2D eigenvalue weighted by atomic mass is 19.1. The Bertz CT molecular complexity index is 887. The normalized spacial score (nSPS) is 18.1. The van der Waals surface area contributed by atoms with Crippen LogP contribution >= 0.6 is 0 Å². The van der Waals surface area contributed by atoms with Crippen LogP contribution in [0.25, 0.3) is 0 Å². The summed E-state index contributed by atoms with van der Waals surface area (Å²) < 4.78 is 13.3. The number of anilines is 1. The van der Waals surface area contributed by atoms with E-state index < -0.39 is 5.41 Å². The van der Waals surface area contributed by atoms with Crippen LogP contribution in [0.4, 0.5) is 10.1 Å². The van der Waals surface area contributed by atoms with Gasteiger partial charge in [0, 0.05) is 44.8 Å². The van der Waals surface area contributed by atoms with Crippen LogP contribution in [0.3, 0.4) is 0 Å². The van der Waals surface area contributed by atoms with E-state index in [1.807, 2.05) is 23.1 Å². The van der Waals surface area contributed by atoms with Gasteiger partial charge in [-0.15, -0.1) is 0 Å². The molecular formula is C25H30FN3O2. The lowest BCUT2D eigenvalue weighted by Gasteiger charge is -2.36. The topological polar surface area (TPSA) is 52.7 Å². The van der Waals surface area contributed by atoms with Gasteiger partial charge < -0.3 is 15.1 Å². The Kier molecular flexibility index (Phi) is 6.54. The monoisotopic (exact) mass is 423 g/mol. The molecule has 0 spiro atoms. The molecule has 0 unspecified atom stereocenters. The minimum atomic E-state index is -0.599. The van der Waals surface area contributed by atoms with Crippen molar-refractivity contribution >= 4 is 17.5 Å². The van der Waals surface area contributed by atoms with Gasteiger partial charge in [0.05, 0.1) is 5.41 Å². The Hall–Kier alpha value is -2.89. The highest BCUT2D eigenvalue weighted by Crippen LogP contribution is 2.41. The molecule has 1 saturated heterocycles. The standard InChI is InChI=1S/C25H30FN3O2/c26-21-10-8-20(9-11-21)25(13-4-5-14-25)24(31)27-15-12-23(30)29-18-16-28(17-19-29)22-6-2-1-3-7-22/h1-3,6-11H,4-5,12-19H2,(H,27,31). The highest BCUT2D eigenvalue weighted by Gasteiger charge is 2.42. The number of hydrogen-bond donors (Lipinski definition) is 1. The molecule has 4 rings (SSSR count). The number of halogens is 1. The average molecular weight is 424 g/mol. The van der Waals surface area contributed by atoms with Crippen molar-refractivity contribution in [3.8, 4) is 0 Å². The molecule has 2 amide bonds. The molecule has 31 heavy (non-hydrogen) atoms. The van der Waals surface area contributed by atoms with E-state index in [0.29, 0.717) is 26.1 Å². The van der Waals surface area contributed by atoms with Crippen molar-refractivity contribution in [2.45, 2.75) is 37.5 Å². The number of hydrogen-bond acceptors (Lipinski definition) is 3. The van der Waals surface area contributed by atoms with Crippen molar-refractivity contribution < 1.29 is 14.0 Å². The molecule has 0 radical (unpaired) electrons. The van der Waals surface area contributed by atoms with Gasteiger partial charge in [-0.25, -0.2) is 4.39 Å². The summed E-state index contributed by atoms with van der Waals surface area (Å²) >= 11 is 0. The van der Waals surface area contributed by atoms with Crippen molar-refractivity contribution in [3.05, 3.63) is 66.0 Å². The number of amides is 2. The van der Waals surface area contributed by atoms with E-state index >= 15 is 0 Å². The first-order valence-electron chi connectivity index (χ1n) is 11.2. The van der Waals surface area contributed by atoms with E-state index in [4.69, 9.17) is 0 Å². The molecule has 1 aliphatic heterocycles. The molecule has 164 valence electrons. The first-order valence-corrected chi connectivity index (χ1v) is 11.2. The van der Waals surface area contributed by atoms with Gasteiger partial charge >= 0.3 is 0 Å². The van der Waals surface area contributed by atoms with Crippen molar-refractivity contribution in [1.29, 1.82) is 0 Å². The molecule has 2 aromatic carbocycles. The molecule has 1 heterocycles. The SMILES string of the molecule is O=C(CCNC(=O)C1(c2ccc(F)cc2)CCCC1)N1CCN(c2ccccc2)CC1. The number of para-hydroxylation sites is 1. The highest BCUT2D eigenvalue weighted by molar-refractivity contribution is 5.89. The second kappa shape index (κ2) is 9.50. The largest absolute Gasteiger partial charge is 0.368 e. The summed E-state index contributed by atoms with van der Waals surface area (Å²) in [6.07, 6.45) is 3.79. The molecule has 1 aliphatic carbocycles. The molecular weight excluding hydrogens is 393 g/mol. The van der Waals surface area contributed by atoms with Gasteiger partial charge in [-0.3, -0.25) is 9.59 Å². The van der Waals surface area contributed by atoms with Gasteiger partial charge in [0.15, 0.2) is 0 Å². The summed E-state index contributed by atoms with van der Waals surface area (Å²) in [6.45, 7) is 3.35. The predicted molar refractivity (Wildman–Crippen MR) is 119 cm³/mol. The minimum Gasteiger partial charge on any atom is -0.368 e. The Morgan fingerprint density at radius 1 is 0.903 bits per heavy atom. The fourth-order valence-corrected chi connectivity index (χ4v) is 4.86. The summed E-state index contributed by atoms with van der Waals surface area (Å²) in [4.78, 5) is 29.9. The third-order valence-corrected chi connectivity index (χ3v) is 6.67. The molecule has 5 nitrogen and oxygen atoms in total. The number of carbonyl (C=O) groups excluding carboxylic acids is 2. The average Bonchev–Trinajstić information content (AvgIpc) is 3.31. The first kappa shape index (κ1) is 21.3. The summed E-state index contributed by atoms with van der Waals surface area (Å²) in [6, 6.07) is 16.5. The lowest BCUT2D eigenvalue weighted by molar-refractivity contribution is -0.131. The fraction of sp³-hybridized carbons (Fsp3) is 0.440. The zero-order valence-corrected chi connectivity index (χ0v) is 17.9. The van der Waals surface area contributed by atoms with Crippen LogP contribution in [0.2, 0.25) is 0 Å². The molecule has 0 atom stereocenters. The van der Waals surface area contributed by atoms with Gasteiger partial charge in [-0.1, -0.05) is 43.2 Å². The zero-order chi connectivity index (χ0) is 21.7. The van der Waals surface area contributed by atoms with Gasteiger partial charge in [0.25, 0.3) is 0 Å². The van der Waals surface area contributed by atoms with Crippen molar-refractivity contribution in [2.24, 2.45) is 0 Å². The van der Waals surface area contributed by atoms with Gasteiger partial charge in [-0.05, 0) is 42.7 Å². The van der Waals surface area contributed by atoms with Crippen LogP contribution in [0.1, 0.15) is 37.7 Å². The second-order valence-corrected chi connectivity index (χ2v) is 8.51. The first-order chi connectivity index (χ1) is 15.1. The smallest absolute Gasteiger partial charge is 0.230 e. The summed E-state index contributed by atoms with van der Waals surface area (Å²) in [5.74, 6) is -0.260. The van der Waals surface area contributed by atoms with Gasteiger partial charge in [-0.2, -0.15) is 0 Å². The maximum absolute atomic E-state index is 13.3. The summed E-state index contributed by atoms with van der Waals surface area (Å²) in [5.41, 5.74) is 1.45.